The number of aliphatic carboxylic acids is 1. The van der Waals surface area contributed by atoms with Crippen molar-refractivity contribution in [1.29, 1.82) is 0 Å². The fraction of sp³-hybridized carbons (Fsp3) is 0.634. The second-order valence-corrected chi connectivity index (χ2v) is 15.4. The van der Waals surface area contributed by atoms with Crippen molar-refractivity contribution in [2.75, 3.05) is 39.5 Å². The van der Waals surface area contributed by atoms with E-state index in [0.717, 1.165) is 23.8 Å². The number of aliphatic hydroxyl groups excluding tert-OH is 4. The van der Waals surface area contributed by atoms with Crippen molar-refractivity contribution in [3.8, 4) is 0 Å². The summed E-state index contributed by atoms with van der Waals surface area (Å²) in [4.78, 5) is 116. The maximum atomic E-state index is 13.6. The lowest BCUT2D eigenvalue weighted by Gasteiger charge is -2.33. The summed E-state index contributed by atoms with van der Waals surface area (Å²) >= 11 is 0. The highest BCUT2D eigenvalue weighted by molar-refractivity contribution is 5.97. The fourth-order valence-electron chi connectivity index (χ4n) is 6.16. The highest BCUT2D eigenvalue weighted by Crippen LogP contribution is 2.13. The van der Waals surface area contributed by atoms with Crippen LogP contribution in [0.15, 0.2) is 30.3 Å². The van der Waals surface area contributed by atoms with Crippen molar-refractivity contribution < 1.29 is 68.7 Å². The molecule has 1 rings (SSSR count). The normalized spacial score (nSPS) is 14.7. The molecule has 0 spiro atoms. The topological polar surface area (TPSA) is 408 Å². The Morgan fingerprint density at radius 3 is 1.86 bits per heavy atom. The highest BCUT2D eigenvalue weighted by atomic mass is 16.4. The number of rotatable bonds is 33. The molecule has 24 nitrogen and oxygen atoms in total. The lowest BCUT2D eigenvalue weighted by Crippen LogP contribution is -2.62. The van der Waals surface area contributed by atoms with E-state index in [2.05, 4.69) is 31.9 Å². The van der Waals surface area contributed by atoms with Gasteiger partial charge in [0.05, 0.1) is 32.3 Å². The van der Waals surface area contributed by atoms with Gasteiger partial charge < -0.3 is 79.5 Å². The Balaban J connectivity index is 2.82. The number of amides is 8. The number of hydrogen-bond donors (Lipinski definition) is 14. The van der Waals surface area contributed by atoms with Crippen LogP contribution in [0.2, 0.25) is 0 Å². The van der Waals surface area contributed by atoms with Gasteiger partial charge in [0.2, 0.25) is 47.3 Å². The van der Waals surface area contributed by atoms with E-state index in [0.29, 0.717) is 25.7 Å². The average Bonchev–Trinajstić information content (AvgIpc) is 3.27. The van der Waals surface area contributed by atoms with E-state index < -0.39 is 134 Å². The number of carbonyl (C=O) groups is 9. The first kappa shape index (κ1) is 57.2. The summed E-state index contributed by atoms with van der Waals surface area (Å²) in [6.45, 7) is 0.686. The van der Waals surface area contributed by atoms with Crippen molar-refractivity contribution in [3.05, 3.63) is 35.9 Å². The average molecular weight is 925 g/mol. The first-order valence-corrected chi connectivity index (χ1v) is 21.4. The zero-order valence-corrected chi connectivity index (χ0v) is 36.9. The second-order valence-electron chi connectivity index (χ2n) is 15.4. The summed E-state index contributed by atoms with van der Waals surface area (Å²) < 4.78 is 0. The third-order valence-corrected chi connectivity index (χ3v) is 9.88. The lowest BCUT2D eigenvalue weighted by molar-refractivity contribution is -0.144. The third kappa shape index (κ3) is 22.1. The van der Waals surface area contributed by atoms with E-state index in [-0.39, 0.29) is 38.9 Å². The van der Waals surface area contributed by atoms with Gasteiger partial charge in [0, 0.05) is 44.9 Å². The zero-order chi connectivity index (χ0) is 49.1. The Bertz CT molecular complexity index is 1710. The quantitative estimate of drug-likeness (QED) is 0.0293. The van der Waals surface area contributed by atoms with Gasteiger partial charge in [-0.1, -0.05) is 50.1 Å². The summed E-state index contributed by atoms with van der Waals surface area (Å²) in [5.41, 5.74) is 17.6. The molecular weight excluding hydrogens is 857 g/mol. The molecule has 0 aliphatic heterocycles. The number of nitrogens with two attached hydrogens (primary N) is 3. The third-order valence-electron chi connectivity index (χ3n) is 9.88. The largest absolute Gasteiger partial charge is 0.480 e. The van der Waals surface area contributed by atoms with Crippen LogP contribution in [0.4, 0.5) is 0 Å². The number of carboxylic acids is 1. The summed E-state index contributed by atoms with van der Waals surface area (Å²) in [5, 5.41) is 63.2. The van der Waals surface area contributed by atoms with Crippen LogP contribution in [0.1, 0.15) is 77.2 Å². The summed E-state index contributed by atoms with van der Waals surface area (Å²) in [6, 6.07) is -1.26. The van der Waals surface area contributed by atoms with E-state index in [4.69, 9.17) is 17.2 Å². The Morgan fingerprint density at radius 2 is 1.31 bits per heavy atom. The molecule has 0 aliphatic rings. The molecule has 65 heavy (non-hydrogen) atoms. The molecular formula is C41H68N10O14. The van der Waals surface area contributed by atoms with Gasteiger partial charge in [-0.05, 0) is 38.2 Å². The molecule has 366 valence electrons. The van der Waals surface area contributed by atoms with Crippen molar-refractivity contribution in [3.63, 3.8) is 0 Å². The molecule has 0 fully saturated rings. The molecule has 0 radical (unpaired) electrons. The maximum Gasteiger partial charge on any atom is 0.326 e. The molecule has 0 aromatic heterocycles. The van der Waals surface area contributed by atoms with E-state index in [1.165, 1.54) is 0 Å². The zero-order valence-electron chi connectivity index (χ0n) is 36.9. The van der Waals surface area contributed by atoms with E-state index >= 15 is 0 Å². The van der Waals surface area contributed by atoms with Crippen molar-refractivity contribution >= 4 is 53.2 Å². The molecule has 5 unspecified atom stereocenters. The number of benzene rings is 1. The molecule has 24 heteroatoms. The smallest absolute Gasteiger partial charge is 0.326 e. The number of carbonyl (C=O) groups excluding carboxylic acids is 8. The minimum absolute atomic E-state index is 0.0426. The SMILES string of the molecule is CCCCCC(=O)N(CC(N)CO)C(CC(N)=O)C(=O)N[C@H](C(=O)N[C@@H](CO)C(=O)NC(CCC(=O)NCCCCNC(=O)C(Cc1ccccc1)NC(=O)C(N)CO)C(=O)O)[C@@H](C)O. The number of carboxylic acid groups (broad SMARTS) is 1. The predicted octanol–water partition coefficient (Wildman–Crippen LogP) is -5.29. The molecule has 1 aromatic carbocycles. The number of primary amides is 1. The van der Waals surface area contributed by atoms with Gasteiger partial charge >= 0.3 is 5.97 Å². The minimum atomic E-state index is -1.85. The number of nitrogens with zero attached hydrogens (tertiary/aromatic N) is 1. The summed E-state index contributed by atoms with van der Waals surface area (Å²) in [7, 11) is 0. The number of unbranched alkanes of at least 4 members (excludes halogenated alkanes) is 3. The van der Waals surface area contributed by atoms with Crippen LogP contribution in [0.25, 0.3) is 0 Å². The molecule has 0 aliphatic carbocycles. The lowest BCUT2D eigenvalue weighted by atomic mass is 10.0. The van der Waals surface area contributed by atoms with E-state index in [1.54, 1.807) is 30.3 Å². The van der Waals surface area contributed by atoms with E-state index in [9.17, 15) is 68.7 Å². The monoisotopic (exact) mass is 924 g/mol. The molecule has 0 heterocycles. The van der Waals surface area contributed by atoms with Crippen molar-refractivity contribution in [1.82, 2.24) is 36.8 Å². The number of aliphatic hydroxyl groups is 4. The van der Waals surface area contributed by atoms with Crippen LogP contribution in [-0.2, 0) is 49.6 Å². The molecule has 0 bridgehead atoms. The predicted molar refractivity (Wildman–Crippen MR) is 232 cm³/mol. The van der Waals surface area contributed by atoms with Gasteiger partial charge in [0.15, 0.2) is 0 Å². The molecule has 8 atom stereocenters. The van der Waals surface area contributed by atoms with Gasteiger partial charge in [0.25, 0.3) is 0 Å². The molecule has 8 amide bonds. The Morgan fingerprint density at radius 1 is 0.692 bits per heavy atom. The van der Waals surface area contributed by atoms with Crippen LogP contribution < -0.4 is 49.1 Å². The maximum absolute atomic E-state index is 13.6. The van der Waals surface area contributed by atoms with Gasteiger partial charge in [-0.2, -0.15) is 0 Å². The molecule has 17 N–H and O–H groups in total. The van der Waals surface area contributed by atoms with Crippen LogP contribution >= 0.6 is 0 Å². The number of hydrogen-bond acceptors (Lipinski definition) is 15. The number of nitrogens with one attached hydrogen (secondary N) is 6. The van der Waals surface area contributed by atoms with Gasteiger partial charge in [-0.15, -0.1) is 0 Å². The standard InChI is InChI=1S/C41H68N10O14/c1-3-4-6-13-34(58)51(20-26(42)21-52)31(19-32(44)56)39(62)50-35(24(2)55)40(63)49-30(23-54)38(61)47-28(41(64)65)14-15-33(57)45-16-9-10-17-46-37(60)29(48-36(59)27(43)22-53)18-25-11-7-5-8-12-25/h5,7-8,11-12,24,26-31,35,52-55H,3-4,6,9-10,13-23,42-43H2,1-2H3,(H2,44,56)(H,45,57)(H,46,60)(H,47,61)(H,48,59)(H,49,63)(H,50,62)(H,64,65)/t24-,26?,27?,28?,29?,30+,31?,35+/m1/s1. The molecule has 0 saturated carbocycles. The van der Waals surface area contributed by atoms with Crippen LogP contribution in [0.5, 0.6) is 0 Å². The van der Waals surface area contributed by atoms with Gasteiger partial charge in [-0.3, -0.25) is 38.4 Å². The highest BCUT2D eigenvalue weighted by Gasteiger charge is 2.37. The second kappa shape index (κ2) is 31.1. The van der Waals surface area contributed by atoms with E-state index in [1.807, 2.05) is 6.92 Å². The Hall–Kier alpha value is -5.79. The fourth-order valence-corrected chi connectivity index (χ4v) is 6.16. The van der Waals surface area contributed by atoms with Gasteiger partial charge in [-0.25, -0.2) is 4.79 Å². The Labute approximate surface area is 377 Å². The molecule has 1 aromatic rings. The Kier molecular flexibility index (Phi) is 27.4. The van der Waals surface area contributed by atoms with Crippen molar-refractivity contribution in [2.45, 2.75) is 126 Å². The van der Waals surface area contributed by atoms with Gasteiger partial charge in [0.1, 0.15) is 36.3 Å². The minimum Gasteiger partial charge on any atom is -0.480 e. The first-order chi connectivity index (χ1) is 30.8. The summed E-state index contributed by atoms with van der Waals surface area (Å²) in [6.07, 6.45) is -0.388. The van der Waals surface area contributed by atoms with Crippen molar-refractivity contribution in [2.24, 2.45) is 17.2 Å². The van der Waals surface area contributed by atoms with Crippen LogP contribution in [0.3, 0.4) is 0 Å². The first-order valence-electron chi connectivity index (χ1n) is 21.4. The molecule has 0 saturated heterocycles. The summed E-state index contributed by atoms with van der Waals surface area (Å²) in [5.74, 6) is -8.44. The van der Waals surface area contributed by atoms with Crippen LogP contribution in [-0.4, -0.2) is 172 Å². The van der Waals surface area contributed by atoms with Crippen LogP contribution in [0, 0.1) is 0 Å².